The first-order chi connectivity index (χ1) is 9.81. The Morgan fingerprint density at radius 2 is 2.00 bits per heavy atom. The average Bonchev–Trinajstić information content (AvgIpc) is 2.82. The SMILES string of the molecule is Cc1nccc(N2CC(c3[nH]nc4nccnc34)C2)n1. The van der Waals surface area contributed by atoms with Crippen LogP contribution in [0.4, 0.5) is 5.82 Å². The fourth-order valence-corrected chi connectivity index (χ4v) is 2.52. The van der Waals surface area contributed by atoms with Crippen molar-refractivity contribution in [1.29, 1.82) is 0 Å². The number of rotatable bonds is 2. The van der Waals surface area contributed by atoms with Crippen molar-refractivity contribution in [1.82, 2.24) is 30.1 Å². The molecule has 100 valence electrons. The van der Waals surface area contributed by atoms with E-state index in [0.717, 1.165) is 35.9 Å². The summed E-state index contributed by atoms with van der Waals surface area (Å²) >= 11 is 0. The summed E-state index contributed by atoms with van der Waals surface area (Å²) in [6.07, 6.45) is 5.15. The van der Waals surface area contributed by atoms with E-state index in [0.29, 0.717) is 11.6 Å². The lowest BCUT2D eigenvalue weighted by molar-refractivity contribution is 0.509. The van der Waals surface area contributed by atoms with Gasteiger partial charge in [0.25, 0.3) is 0 Å². The highest BCUT2D eigenvalue weighted by Crippen LogP contribution is 2.31. The van der Waals surface area contributed by atoms with E-state index in [1.54, 1.807) is 18.6 Å². The fourth-order valence-electron chi connectivity index (χ4n) is 2.52. The number of nitrogens with one attached hydrogen (secondary N) is 1. The normalized spacial score (nSPS) is 15.6. The minimum Gasteiger partial charge on any atom is -0.355 e. The molecule has 7 nitrogen and oxygen atoms in total. The molecule has 1 N–H and O–H groups in total. The summed E-state index contributed by atoms with van der Waals surface area (Å²) in [5, 5.41) is 7.26. The molecule has 3 aromatic rings. The highest BCUT2D eigenvalue weighted by Gasteiger charge is 2.32. The van der Waals surface area contributed by atoms with E-state index in [9.17, 15) is 0 Å². The first-order valence-electron chi connectivity index (χ1n) is 6.51. The number of fused-ring (bicyclic) bond motifs is 1. The van der Waals surface area contributed by atoms with Crippen molar-refractivity contribution in [3.05, 3.63) is 36.2 Å². The Hall–Kier alpha value is -2.57. The first-order valence-corrected chi connectivity index (χ1v) is 6.51. The van der Waals surface area contributed by atoms with Crippen molar-refractivity contribution in [3.63, 3.8) is 0 Å². The van der Waals surface area contributed by atoms with E-state index < -0.39 is 0 Å². The van der Waals surface area contributed by atoms with Crippen molar-refractivity contribution in [3.8, 4) is 0 Å². The van der Waals surface area contributed by atoms with Crippen LogP contribution in [0.1, 0.15) is 17.4 Å². The van der Waals surface area contributed by atoms with Gasteiger partial charge in [-0.05, 0) is 13.0 Å². The van der Waals surface area contributed by atoms with Crippen molar-refractivity contribution in [2.24, 2.45) is 0 Å². The van der Waals surface area contributed by atoms with Crippen LogP contribution in [0.25, 0.3) is 11.2 Å². The Kier molecular flexibility index (Phi) is 2.38. The van der Waals surface area contributed by atoms with Crippen LogP contribution in [0.15, 0.2) is 24.7 Å². The molecular formula is C13H13N7. The number of hydrogen-bond acceptors (Lipinski definition) is 6. The summed E-state index contributed by atoms with van der Waals surface area (Å²) in [6.45, 7) is 3.72. The zero-order chi connectivity index (χ0) is 13.5. The number of anilines is 1. The molecule has 0 amide bonds. The maximum Gasteiger partial charge on any atom is 0.199 e. The summed E-state index contributed by atoms with van der Waals surface area (Å²) in [7, 11) is 0. The summed E-state index contributed by atoms with van der Waals surface area (Å²) in [4.78, 5) is 19.3. The van der Waals surface area contributed by atoms with Gasteiger partial charge in [0.15, 0.2) is 5.65 Å². The van der Waals surface area contributed by atoms with E-state index in [1.165, 1.54) is 0 Å². The Balaban J connectivity index is 1.56. The second kappa shape index (κ2) is 4.22. The van der Waals surface area contributed by atoms with Gasteiger partial charge in [0.1, 0.15) is 17.2 Å². The lowest BCUT2D eigenvalue weighted by Crippen LogP contribution is -2.45. The van der Waals surface area contributed by atoms with Gasteiger partial charge >= 0.3 is 0 Å². The van der Waals surface area contributed by atoms with E-state index >= 15 is 0 Å². The van der Waals surface area contributed by atoms with Gasteiger partial charge in [-0.25, -0.2) is 19.9 Å². The predicted molar refractivity (Wildman–Crippen MR) is 73.4 cm³/mol. The molecule has 1 aliphatic rings. The molecule has 0 atom stereocenters. The predicted octanol–water partition coefficient (Wildman–Crippen LogP) is 1.06. The average molecular weight is 267 g/mol. The zero-order valence-electron chi connectivity index (χ0n) is 11.0. The molecule has 7 heteroatoms. The molecule has 3 aromatic heterocycles. The number of aryl methyl sites for hydroxylation is 1. The van der Waals surface area contributed by atoms with E-state index in [2.05, 4.69) is 35.0 Å². The second-order valence-corrected chi connectivity index (χ2v) is 4.93. The summed E-state index contributed by atoms with van der Waals surface area (Å²) in [5.74, 6) is 2.17. The summed E-state index contributed by atoms with van der Waals surface area (Å²) < 4.78 is 0. The van der Waals surface area contributed by atoms with Gasteiger partial charge in [-0.2, -0.15) is 5.10 Å². The molecule has 4 rings (SSSR count). The van der Waals surface area contributed by atoms with Gasteiger partial charge in [0.2, 0.25) is 0 Å². The minimum atomic E-state index is 0.395. The highest BCUT2D eigenvalue weighted by molar-refractivity contribution is 5.73. The topological polar surface area (TPSA) is 83.5 Å². The van der Waals surface area contributed by atoms with Crippen molar-refractivity contribution >= 4 is 17.0 Å². The molecule has 4 heterocycles. The van der Waals surface area contributed by atoms with Crippen molar-refractivity contribution < 1.29 is 0 Å². The number of nitrogens with zero attached hydrogens (tertiary/aromatic N) is 6. The quantitative estimate of drug-likeness (QED) is 0.747. The number of hydrogen-bond donors (Lipinski definition) is 1. The molecule has 0 radical (unpaired) electrons. The monoisotopic (exact) mass is 267 g/mol. The Labute approximate surface area is 115 Å². The van der Waals surface area contributed by atoms with E-state index in [1.807, 2.05) is 13.0 Å². The fraction of sp³-hybridized carbons (Fsp3) is 0.308. The van der Waals surface area contributed by atoms with Crippen LogP contribution in [-0.2, 0) is 0 Å². The third-order valence-corrected chi connectivity index (χ3v) is 3.59. The molecule has 0 spiro atoms. The molecule has 0 saturated carbocycles. The van der Waals surface area contributed by atoms with Crippen molar-refractivity contribution in [2.45, 2.75) is 12.8 Å². The molecule has 0 unspecified atom stereocenters. The van der Waals surface area contributed by atoms with Crippen LogP contribution >= 0.6 is 0 Å². The third-order valence-electron chi connectivity index (χ3n) is 3.59. The van der Waals surface area contributed by atoms with Gasteiger partial charge in [-0.1, -0.05) is 0 Å². The number of aromatic amines is 1. The van der Waals surface area contributed by atoms with E-state index in [4.69, 9.17) is 0 Å². The maximum absolute atomic E-state index is 4.43. The molecular weight excluding hydrogens is 254 g/mol. The van der Waals surface area contributed by atoms with Gasteiger partial charge in [0.05, 0.1) is 5.69 Å². The van der Waals surface area contributed by atoms with Gasteiger partial charge < -0.3 is 4.90 Å². The van der Waals surface area contributed by atoms with Crippen LogP contribution in [0, 0.1) is 6.92 Å². The molecule has 1 aliphatic heterocycles. The van der Waals surface area contributed by atoms with Crippen LogP contribution in [-0.4, -0.2) is 43.2 Å². The van der Waals surface area contributed by atoms with Crippen molar-refractivity contribution in [2.75, 3.05) is 18.0 Å². The summed E-state index contributed by atoms with van der Waals surface area (Å²) in [6, 6.07) is 1.94. The lowest BCUT2D eigenvalue weighted by Gasteiger charge is -2.39. The smallest absolute Gasteiger partial charge is 0.199 e. The lowest BCUT2D eigenvalue weighted by atomic mass is 9.96. The Morgan fingerprint density at radius 1 is 1.15 bits per heavy atom. The second-order valence-electron chi connectivity index (χ2n) is 4.93. The van der Waals surface area contributed by atoms with Crippen LogP contribution in [0.2, 0.25) is 0 Å². The Bertz CT molecular complexity index is 760. The standard InChI is InChI=1S/C13H13N7/c1-8-14-3-2-10(17-8)20-6-9(7-20)11-12-13(19-18-11)16-5-4-15-12/h2-5,9H,6-7H2,1H3,(H,16,18,19). The third kappa shape index (κ3) is 1.70. The molecule has 1 saturated heterocycles. The zero-order valence-corrected chi connectivity index (χ0v) is 11.0. The molecule has 0 bridgehead atoms. The molecule has 20 heavy (non-hydrogen) atoms. The Morgan fingerprint density at radius 3 is 2.85 bits per heavy atom. The van der Waals surface area contributed by atoms with Crippen LogP contribution < -0.4 is 4.90 Å². The molecule has 1 fully saturated rings. The van der Waals surface area contributed by atoms with Gasteiger partial charge in [-0.15, -0.1) is 0 Å². The molecule has 0 aliphatic carbocycles. The minimum absolute atomic E-state index is 0.395. The summed E-state index contributed by atoms with van der Waals surface area (Å²) in [5.41, 5.74) is 2.62. The van der Waals surface area contributed by atoms with Crippen LogP contribution in [0.5, 0.6) is 0 Å². The van der Waals surface area contributed by atoms with Crippen LogP contribution in [0.3, 0.4) is 0 Å². The van der Waals surface area contributed by atoms with E-state index in [-0.39, 0.29) is 0 Å². The first kappa shape index (κ1) is 11.3. The molecule has 0 aromatic carbocycles. The maximum atomic E-state index is 4.43. The number of H-pyrrole nitrogens is 1. The van der Waals surface area contributed by atoms with Gasteiger partial charge in [-0.3, -0.25) is 5.10 Å². The largest absolute Gasteiger partial charge is 0.355 e. The number of aromatic nitrogens is 6. The van der Waals surface area contributed by atoms with Gasteiger partial charge in [0, 0.05) is 37.6 Å². The highest BCUT2D eigenvalue weighted by atomic mass is 15.3.